The number of allylic oxidation sites excluding steroid dienone is 3. The quantitative estimate of drug-likeness (QED) is 0.232. The lowest BCUT2D eigenvalue weighted by Crippen LogP contribution is -2.73. The molecule has 1 aromatic rings. The van der Waals surface area contributed by atoms with Crippen molar-refractivity contribution < 1.29 is 24.2 Å². The number of esters is 1. The molecule has 1 spiro atoms. The van der Waals surface area contributed by atoms with Crippen LogP contribution in [0.4, 0.5) is 0 Å². The molecule has 6 nitrogen and oxygen atoms in total. The van der Waals surface area contributed by atoms with Gasteiger partial charge in [-0.2, -0.15) is 0 Å². The van der Waals surface area contributed by atoms with Crippen LogP contribution in [0.5, 0.6) is 11.5 Å². The molecule has 32 heavy (non-hydrogen) atoms. The first-order valence-corrected chi connectivity index (χ1v) is 11.3. The summed E-state index contributed by atoms with van der Waals surface area (Å²) >= 11 is 0. The Bertz CT molecular complexity index is 1010. The average Bonchev–Trinajstić information content (AvgIpc) is 3.11. The summed E-state index contributed by atoms with van der Waals surface area (Å²) in [5.74, 6) is 0.115. The van der Waals surface area contributed by atoms with Crippen LogP contribution in [0.3, 0.4) is 0 Å². The number of rotatable bonds is 7. The van der Waals surface area contributed by atoms with E-state index in [9.17, 15) is 14.7 Å². The maximum Gasteiger partial charge on any atom is 0.336 e. The molecule has 0 radical (unpaired) electrons. The van der Waals surface area contributed by atoms with E-state index in [1.807, 2.05) is 32.1 Å². The van der Waals surface area contributed by atoms with E-state index in [-0.39, 0.29) is 17.6 Å². The second-order valence-electron chi connectivity index (χ2n) is 8.92. The summed E-state index contributed by atoms with van der Waals surface area (Å²) < 4.78 is 11.9. The van der Waals surface area contributed by atoms with Gasteiger partial charge in [-0.3, -0.25) is 9.69 Å². The molecule has 1 saturated heterocycles. The molecule has 4 rings (SSSR count). The number of likely N-dealkylation sites (tertiary alicyclic amines) is 1. The van der Waals surface area contributed by atoms with Gasteiger partial charge in [0.05, 0.1) is 11.0 Å². The third-order valence-electron chi connectivity index (χ3n) is 7.29. The first-order valence-electron chi connectivity index (χ1n) is 11.3. The van der Waals surface area contributed by atoms with Crippen molar-refractivity contribution in [1.29, 1.82) is 0 Å². The smallest absolute Gasteiger partial charge is 0.336 e. The highest BCUT2D eigenvalue weighted by molar-refractivity contribution is 5.89. The Hall–Kier alpha value is -2.70. The number of hydrogen-bond acceptors (Lipinski definition) is 6. The van der Waals surface area contributed by atoms with Crippen molar-refractivity contribution in [3.8, 4) is 11.5 Å². The second-order valence-corrected chi connectivity index (χ2v) is 8.92. The number of hydrogen-bond donors (Lipinski definition) is 1. The minimum Gasteiger partial charge on any atom is -0.477 e. The molecular formula is C26H31NO5. The number of fused-ring (bicyclic) bond motifs is 1. The van der Waals surface area contributed by atoms with Gasteiger partial charge >= 0.3 is 5.97 Å². The summed E-state index contributed by atoms with van der Waals surface area (Å²) in [5, 5.41) is 12.0. The lowest BCUT2D eigenvalue weighted by atomic mass is 9.53. The molecule has 4 unspecified atom stereocenters. The van der Waals surface area contributed by atoms with E-state index in [0.29, 0.717) is 31.6 Å². The zero-order chi connectivity index (χ0) is 23.1. The maximum atomic E-state index is 13.1. The van der Waals surface area contributed by atoms with E-state index >= 15 is 0 Å². The molecule has 4 atom stereocenters. The molecule has 2 heterocycles. The molecule has 1 N–H and O–H groups in total. The van der Waals surface area contributed by atoms with Crippen molar-refractivity contribution in [2.45, 2.75) is 63.2 Å². The fraction of sp³-hybridized carbons (Fsp3) is 0.462. The Balaban J connectivity index is 1.84. The minimum atomic E-state index is -1.20. The fourth-order valence-corrected chi connectivity index (χ4v) is 5.80. The topological polar surface area (TPSA) is 76.1 Å². The number of Topliss-reactive ketones (excluding diaryl/α,β-unsaturated/α-hetero) is 1. The average molecular weight is 438 g/mol. The van der Waals surface area contributed by atoms with E-state index < -0.39 is 23.1 Å². The fourth-order valence-electron chi connectivity index (χ4n) is 5.80. The van der Waals surface area contributed by atoms with Crippen LogP contribution in [-0.4, -0.2) is 52.6 Å². The van der Waals surface area contributed by atoms with Crippen molar-refractivity contribution in [2.75, 3.05) is 13.1 Å². The maximum absolute atomic E-state index is 13.1. The Morgan fingerprint density at radius 1 is 1.38 bits per heavy atom. The summed E-state index contributed by atoms with van der Waals surface area (Å²) in [6, 6.07) is 3.50. The summed E-state index contributed by atoms with van der Waals surface area (Å²) in [7, 11) is 0. The monoisotopic (exact) mass is 437 g/mol. The van der Waals surface area contributed by atoms with E-state index in [0.717, 1.165) is 17.7 Å². The van der Waals surface area contributed by atoms with Crippen LogP contribution in [-0.2, 0) is 21.4 Å². The van der Waals surface area contributed by atoms with Crippen molar-refractivity contribution >= 4 is 11.8 Å². The molecular weight excluding hydrogens is 406 g/mol. The lowest BCUT2D eigenvalue weighted by molar-refractivity contribution is -0.162. The van der Waals surface area contributed by atoms with Gasteiger partial charge in [0, 0.05) is 37.2 Å². The number of nitrogens with zero attached hydrogens (tertiary/aromatic N) is 1. The zero-order valence-electron chi connectivity index (χ0n) is 19.0. The Morgan fingerprint density at radius 3 is 2.84 bits per heavy atom. The largest absolute Gasteiger partial charge is 0.477 e. The summed E-state index contributed by atoms with van der Waals surface area (Å²) in [4.78, 5) is 27.7. The van der Waals surface area contributed by atoms with E-state index in [1.165, 1.54) is 6.08 Å². The minimum absolute atomic E-state index is 0.0597. The number of ketones is 1. The normalized spacial score (nSPS) is 30.9. The van der Waals surface area contributed by atoms with Gasteiger partial charge in [0.25, 0.3) is 0 Å². The number of aliphatic hydroxyl groups is 1. The molecule has 0 aromatic heterocycles. The van der Waals surface area contributed by atoms with Crippen LogP contribution in [0.1, 0.15) is 44.7 Å². The Kier molecular flexibility index (Phi) is 5.86. The second kappa shape index (κ2) is 8.34. The van der Waals surface area contributed by atoms with Crippen LogP contribution >= 0.6 is 0 Å². The molecule has 1 aliphatic carbocycles. The number of carbonyl (C=O) groups excluding carboxylic acids is 2. The van der Waals surface area contributed by atoms with E-state index in [2.05, 4.69) is 11.5 Å². The number of benzene rings is 1. The van der Waals surface area contributed by atoms with Gasteiger partial charge in [0.1, 0.15) is 0 Å². The molecule has 3 aliphatic rings. The third-order valence-corrected chi connectivity index (χ3v) is 7.29. The van der Waals surface area contributed by atoms with Crippen LogP contribution < -0.4 is 9.47 Å². The number of ether oxygens (including phenoxy) is 2. The SMILES string of the molecule is C=CCN1CCC23c4c(ccc(OC(=O)/C=C/C=C/C)c4OC2C(=O)CC)CC1C3(C)O. The van der Waals surface area contributed by atoms with Crippen LogP contribution in [0, 0.1) is 0 Å². The summed E-state index contributed by atoms with van der Waals surface area (Å²) in [6.07, 6.45) is 9.02. The van der Waals surface area contributed by atoms with E-state index in [1.54, 1.807) is 25.1 Å². The first kappa shape index (κ1) is 22.5. The molecule has 2 aliphatic heterocycles. The van der Waals surface area contributed by atoms with Crippen molar-refractivity contribution in [3.63, 3.8) is 0 Å². The van der Waals surface area contributed by atoms with Gasteiger partial charge in [0.15, 0.2) is 23.4 Å². The van der Waals surface area contributed by atoms with Crippen molar-refractivity contribution in [2.24, 2.45) is 0 Å². The van der Waals surface area contributed by atoms with Crippen molar-refractivity contribution in [1.82, 2.24) is 4.90 Å². The summed E-state index contributed by atoms with van der Waals surface area (Å²) in [5.41, 5.74) is -0.224. The van der Waals surface area contributed by atoms with E-state index in [4.69, 9.17) is 9.47 Å². The van der Waals surface area contributed by atoms with Crippen molar-refractivity contribution in [3.05, 3.63) is 60.2 Å². The van der Waals surface area contributed by atoms with Gasteiger partial charge in [-0.15, -0.1) is 6.58 Å². The van der Waals surface area contributed by atoms with Crippen LogP contribution in [0.2, 0.25) is 0 Å². The van der Waals surface area contributed by atoms with Gasteiger partial charge in [0.2, 0.25) is 0 Å². The molecule has 0 amide bonds. The van der Waals surface area contributed by atoms with Gasteiger partial charge in [-0.25, -0.2) is 4.79 Å². The highest BCUT2D eigenvalue weighted by Gasteiger charge is 2.69. The predicted octanol–water partition coefficient (Wildman–Crippen LogP) is 3.27. The standard InChI is InChI=1S/C26H31NO5/c1-5-8-9-10-21(29)31-19-12-11-17-16-20-25(4,30)26(13-15-27(20)14-6-2)22(17)23(19)32-24(26)18(28)7-3/h5-6,8-12,20,24,30H,2,7,13-16H2,1,3-4H3/b8-5+,10-9+. The highest BCUT2D eigenvalue weighted by Crippen LogP contribution is 2.62. The Morgan fingerprint density at radius 2 is 2.16 bits per heavy atom. The van der Waals surface area contributed by atoms with Crippen LogP contribution in [0.15, 0.2) is 49.1 Å². The zero-order valence-corrected chi connectivity index (χ0v) is 19.0. The molecule has 0 saturated carbocycles. The Labute approximate surface area is 189 Å². The highest BCUT2D eigenvalue weighted by atomic mass is 16.6. The van der Waals surface area contributed by atoms with Gasteiger partial charge in [-0.05, 0) is 38.3 Å². The first-order chi connectivity index (χ1) is 15.3. The van der Waals surface area contributed by atoms with Crippen LogP contribution in [0.25, 0.3) is 0 Å². The predicted molar refractivity (Wildman–Crippen MR) is 122 cm³/mol. The molecule has 2 bridgehead atoms. The summed E-state index contributed by atoms with van der Waals surface area (Å²) in [6.45, 7) is 10.7. The lowest BCUT2D eigenvalue weighted by Gasteiger charge is -2.59. The third kappa shape index (κ3) is 3.16. The molecule has 1 fully saturated rings. The van der Waals surface area contributed by atoms with Gasteiger partial charge in [-0.1, -0.05) is 37.3 Å². The molecule has 170 valence electrons. The molecule has 6 heteroatoms. The number of carbonyl (C=O) groups is 2. The molecule has 1 aromatic carbocycles. The number of piperidine rings is 1. The van der Waals surface area contributed by atoms with Gasteiger partial charge < -0.3 is 14.6 Å².